The van der Waals surface area contributed by atoms with Gasteiger partial charge >= 0.3 is 0 Å². The highest BCUT2D eigenvalue weighted by Crippen LogP contribution is 2.64. The Balaban J connectivity index is 1.63. The van der Waals surface area contributed by atoms with Gasteiger partial charge < -0.3 is 5.11 Å². The molecular formula is C20H32O2. The predicted molar refractivity (Wildman–Crippen MR) is 87.4 cm³/mol. The van der Waals surface area contributed by atoms with Gasteiger partial charge in [0.15, 0.2) is 0 Å². The Bertz CT molecular complexity index is 472. The first-order valence-corrected chi connectivity index (χ1v) is 9.66. The summed E-state index contributed by atoms with van der Waals surface area (Å²) in [6.07, 6.45) is 11.4. The number of carbonyl (C=O) groups is 1. The van der Waals surface area contributed by atoms with Crippen molar-refractivity contribution in [2.24, 2.45) is 34.5 Å². The first-order chi connectivity index (χ1) is 10.4. The van der Waals surface area contributed by atoms with Gasteiger partial charge in [0.2, 0.25) is 0 Å². The van der Waals surface area contributed by atoms with Crippen LogP contribution in [0.5, 0.6) is 0 Å². The summed E-state index contributed by atoms with van der Waals surface area (Å²) in [5, 5.41) is 10.1. The lowest BCUT2D eigenvalue weighted by Gasteiger charge is -2.61. The van der Waals surface area contributed by atoms with E-state index in [1.807, 2.05) is 0 Å². The average molecular weight is 304 g/mol. The number of aliphatic hydroxyl groups is 1. The second-order valence-electron chi connectivity index (χ2n) is 9.36. The molecule has 0 aliphatic heterocycles. The van der Waals surface area contributed by atoms with Crippen molar-refractivity contribution in [3.05, 3.63) is 0 Å². The number of hydrogen-bond donors (Lipinski definition) is 1. The van der Waals surface area contributed by atoms with Crippen LogP contribution in [-0.4, -0.2) is 17.0 Å². The summed E-state index contributed by atoms with van der Waals surface area (Å²) in [5.41, 5.74) is 0.431. The maximum absolute atomic E-state index is 12.6. The van der Waals surface area contributed by atoms with Crippen LogP contribution in [0.1, 0.15) is 78.1 Å². The summed E-state index contributed by atoms with van der Waals surface area (Å²) in [4.78, 5) is 12.6. The summed E-state index contributed by atoms with van der Waals surface area (Å²) < 4.78 is 0. The molecule has 124 valence electrons. The number of fused-ring (bicyclic) bond motifs is 5. The third-order valence-electron chi connectivity index (χ3n) is 8.58. The molecule has 0 saturated heterocycles. The van der Waals surface area contributed by atoms with Crippen molar-refractivity contribution in [2.45, 2.75) is 84.2 Å². The molecule has 2 nitrogen and oxygen atoms in total. The second kappa shape index (κ2) is 5.06. The molecule has 4 rings (SSSR count). The van der Waals surface area contributed by atoms with E-state index in [1.54, 1.807) is 0 Å². The van der Waals surface area contributed by atoms with Crippen LogP contribution in [0.15, 0.2) is 0 Å². The van der Waals surface area contributed by atoms with Gasteiger partial charge in [-0.1, -0.05) is 13.8 Å². The Kier molecular flexibility index (Phi) is 3.49. The van der Waals surface area contributed by atoms with Gasteiger partial charge in [-0.2, -0.15) is 0 Å². The van der Waals surface area contributed by atoms with Crippen LogP contribution in [0, 0.1) is 34.5 Å². The Morgan fingerprint density at radius 1 is 1.00 bits per heavy atom. The Morgan fingerprint density at radius 2 is 1.82 bits per heavy atom. The van der Waals surface area contributed by atoms with Gasteiger partial charge in [-0.05, 0) is 86.9 Å². The van der Waals surface area contributed by atoms with Crippen molar-refractivity contribution in [3.63, 3.8) is 0 Å². The maximum Gasteiger partial charge on any atom is 0.139 e. The predicted octanol–water partition coefficient (Wildman–Crippen LogP) is 4.35. The molecule has 0 aromatic heterocycles. The third kappa shape index (κ3) is 1.98. The molecule has 4 aliphatic carbocycles. The number of ketones is 1. The number of hydrogen-bond acceptors (Lipinski definition) is 2. The largest absolute Gasteiger partial charge is 0.393 e. The minimum absolute atomic E-state index is 0.00318. The van der Waals surface area contributed by atoms with Crippen LogP contribution in [0.2, 0.25) is 0 Å². The van der Waals surface area contributed by atoms with Gasteiger partial charge in [0, 0.05) is 11.8 Å². The fourth-order valence-electron chi connectivity index (χ4n) is 7.20. The lowest BCUT2D eigenvalue weighted by atomic mass is 9.43. The molecule has 0 aromatic carbocycles. The molecular weight excluding hydrogens is 272 g/mol. The normalized spacial score (nSPS) is 55.0. The lowest BCUT2D eigenvalue weighted by Crippen LogP contribution is -2.56. The molecule has 0 unspecified atom stereocenters. The first-order valence-electron chi connectivity index (χ1n) is 9.66. The van der Waals surface area contributed by atoms with E-state index in [4.69, 9.17) is 0 Å². The van der Waals surface area contributed by atoms with Crippen molar-refractivity contribution in [2.75, 3.05) is 0 Å². The quantitative estimate of drug-likeness (QED) is 0.722. The van der Waals surface area contributed by atoms with Gasteiger partial charge in [0.25, 0.3) is 0 Å². The van der Waals surface area contributed by atoms with Crippen LogP contribution >= 0.6 is 0 Å². The Labute approximate surface area is 135 Å². The van der Waals surface area contributed by atoms with Crippen LogP contribution < -0.4 is 0 Å². The zero-order chi connectivity index (χ0) is 15.5. The number of Topliss-reactive ketones (excluding diaryl/α,β-unsaturated/α-hetero) is 1. The van der Waals surface area contributed by atoms with E-state index in [2.05, 4.69) is 13.8 Å². The van der Waals surface area contributed by atoms with Gasteiger partial charge in [0.05, 0.1) is 6.10 Å². The fraction of sp³-hybridized carbons (Fsp3) is 0.950. The second-order valence-corrected chi connectivity index (χ2v) is 9.36. The fourth-order valence-corrected chi connectivity index (χ4v) is 7.20. The van der Waals surface area contributed by atoms with Crippen LogP contribution in [0.4, 0.5) is 0 Å². The summed E-state index contributed by atoms with van der Waals surface area (Å²) in [5.74, 6) is 3.52. The minimum Gasteiger partial charge on any atom is -0.393 e. The molecule has 2 heteroatoms. The van der Waals surface area contributed by atoms with Crippen molar-refractivity contribution < 1.29 is 9.90 Å². The van der Waals surface area contributed by atoms with E-state index < -0.39 is 0 Å². The number of carbonyl (C=O) groups excluding carboxylic acids is 1. The smallest absolute Gasteiger partial charge is 0.139 e. The standard InChI is InChI=1S/C20H32O2/c1-19-10-8-14(21)12-13(19)6-7-15-16-4-3-5-18(22)20(16,2)11-9-17(15)19/h13-17,21H,3-12H2,1-2H3/t13-,14-,15-,16+,17-,19+,20+/m0/s1. The molecule has 7 atom stereocenters. The molecule has 0 aromatic rings. The summed E-state index contributed by atoms with van der Waals surface area (Å²) in [7, 11) is 0. The van der Waals surface area contributed by atoms with Crippen LogP contribution in [-0.2, 0) is 4.79 Å². The van der Waals surface area contributed by atoms with Crippen LogP contribution in [0.3, 0.4) is 0 Å². The molecule has 0 amide bonds. The highest BCUT2D eigenvalue weighted by atomic mass is 16.3. The van der Waals surface area contributed by atoms with Crippen LogP contribution in [0.25, 0.3) is 0 Å². The molecule has 0 spiro atoms. The molecule has 0 bridgehead atoms. The van der Waals surface area contributed by atoms with Gasteiger partial charge in [-0.15, -0.1) is 0 Å². The van der Waals surface area contributed by atoms with Crippen molar-refractivity contribution >= 4 is 5.78 Å². The minimum atomic E-state index is -0.0558. The van der Waals surface area contributed by atoms with Gasteiger partial charge in [-0.25, -0.2) is 0 Å². The molecule has 0 radical (unpaired) electrons. The van der Waals surface area contributed by atoms with E-state index in [0.717, 1.165) is 49.9 Å². The van der Waals surface area contributed by atoms with Gasteiger partial charge in [-0.3, -0.25) is 4.79 Å². The molecule has 4 fully saturated rings. The zero-order valence-corrected chi connectivity index (χ0v) is 14.3. The molecule has 0 heterocycles. The summed E-state index contributed by atoms with van der Waals surface area (Å²) in [6, 6.07) is 0. The SMILES string of the molecule is C[C@@]12CC[C@H](O)C[C@@H]1CC[C@H]1[C@H]3CCCC(=O)[C@]3(C)CC[C@@H]12. The highest BCUT2D eigenvalue weighted by molar-refractivity contribution is 5.85. The van der Waals surface area contributed by atoms with E-state index in [-0.39, 0.29) is 11.5 Å². The summed E-state index contributed by atoms with van der Waals surface area (Å²) in [6.45, 7) is 4.81. The average Bonchev–Trinajstić information content (AvgIpc) is 2.49. The van der Waals surface area contributed by atoms with Crippen molar-refractivity contribution in [1.29, 1.82) is 0 Å². The van der Waals surface area contributed by atoms with E-state index in [9.17, 15) is 9.90 Å². The monoisotopic (exact) mass is 304 g/mol. The number of rotatable bonds is 0. The van der Waals surface area contributed by atoms with E-state index in [0.29, 0.717) is 17.1 Å². The number of aliphatic hydroxyl groups excluding tert-OH is 1. The Hall–Kier alpha value is -0.370. The topological polar surface area (TPSA) is 37.3 Å². The zero-order valence-electron chi connectivity index (χ0n) is 14.3. The summed E-state index contributed by atoms with van der Waals surface area (Å²) >= 11 is 0. The Morgan fingerprint density at radius 3 is 2.64 bits per heavy atom. The van der Waals surface area contributed by atoms with Gasteiger partial charge in [0.1, 0.15) is 5.78 Å². The lowest BCUT2D eigenvalue weighted by molar-refractivity contribution is -0.158. The molecule has 22 heavy (non-hydrogen) atoms. The van der Waals surface area contributed by atoms with E-state index in [1.165, 1.54) is 32.1 Å². The van der Waals surface area contributed by atoms with Crippen molar-refractivity contribution in [1.82, 2.24) is 0 Å². The van der Waals surface area contributed by atoms with E-state index >= 15 is 0 Å². The highest BCUT2D eigenvalue weighted by Gasteiger charge is 2.58. The maximum atomic E-state index is 12.6. The first kappa shape index (κ1) is 15.2. The molecule has 4 saturated carbocycles. The third-order valence-corrected chi connectivity index (χ3v) is 8.58. The molecule has 4 aliphatic rings. The van der Waals surface area contributed by atoms with Crippen molar-refractivity contribution in [3.8, 4) is 0 Å². The molecule has 1 N–H and O–H groups in total.